The molecule has 0 aliphatic carbocycles. The van der Waals surface area contributed by atoms with E-state index in [0.29, 0.717) is 5.95 Å². The molecule has 4 heterocycles. The van der Waals surface area contributed by atoms with Gasteiger partial charge < -0.3 is 9.13 Å². The zero-order chi connectivity index (χ0) is 38.9. The zero-order valence-electron chi connectivity index (χ0n) is 31.9. The third kappa shape index (κ3) is 5.33. The molecule has 276 valence electrons. The average Bonchev–Trinajstić information content (AvgIpc) is 3.99. The summed E-state index contributed by atoms with van der Waals surface area (Å²) in [5.74, 6) is 0.629. The van der Waals surface area contributed by atoms with Crippen LogP contribution in [0, 0.1) is 0 Å². The third-order valence-electron chi connectivity index (χ3n) is 11.7. The lowest BCUT2D eigenvalue weighted by Gasteiger charge is -2.12. The Bertz CT molecular complexity index is 3520. The van der Waals surface area contributed by atoms with Gasteiger partial charge in [-0.1, -0.05) is 140 Å². The Kier molecular flexibility index (Phi) is 7.47. The first-order chi connectivity index (χ1) is 29.3. The minimum absolute atomic E-state index is 0.629. The fourth-order valence-corrected chi connectivity index (χ4v) is 8.95. The molecule has 0 amide bonds. The van der Waals surface area contributed by atoms with Crippen molar-refractivity contribution in [2.24, 2.45) is 0 Å². The Morgan fingerprint density at radius 3 is 1.42 bits per heavy atom. The molecule has 12 rings (SSSR count). The molecule has 0 saturated carbocycles. The van der Waals surface area contributed by atoms with Crippen LogP contribution in [-0.4, -0.2) is 23.7 Å². The molecule has 8 aromatic carbocycles. The molecule has 0 atom stereocenters. The first kappa shape index (κ1) is 33.2. The van der Waals surface area contributed by atoms with Crippen LogP contribution in [0.15, 0.2) is 212 Å². The predicted molar refractivity (Wildman–Crippen MR) is 244 cm³/mol. The van der Waals surface area contributed by atoms with Crippen molar-refractivity contribution >= 4 is 54.6 Å². The summed E-state index contributed by atoms with van der Waals surface area (Å²) in [6.45, 7) is 0. The largest absolute Gasteiger partial charge is 0.309 e. The van der Waals surface area contributed by atoms with Crippen LogP contribution >= 0.6 is 0 Å². The van der Waals surface area contributed by atoms with Gasteiger partial charge in [-0.25, -0.2) is 4.98 Å². The molecule has 0 aliphatic heterocycles. The molecule has 0 spiro atoms. The van der Waals surface area contributed by atoms with E-state index in [9.17, 15) is 0 Å². The van der Waals surface area contributed by atoms with Gasteiger partial charge in [-0.3, -0.25) is 4.57 Å². The molecule has 0 radical (unpaired) electrons. The first-order valence-electron chi connectivity index (χ1n) is 20.0. The minimum Gasteiger partial charge on any atom is -0.309 e. The lowest BCUT2D eigenvalue weighted by molar-refractivity contribution is 0.988. The highest BCUT2D eigenvalue weighted by Gasteiger charge is 2.21. The molecule has 0 bridgehead atoms. The van der Waals surface area contributed by atoms with Crippen molar-refractivity contribution in [2.45, 2.75) is 0 Å². The maximum absolute atomic E-state index is 5.43. The fraction of sp³-hybridized carbons (Fsp3) is 0. The first-order valence-corrected chi connectivity index (χ1v) is 20.0. The van der Waals surface area contributed by atoms with Crippen molar-refractivity contribution in [3.8, 4) is 50.8 Å². The van der Waals surface area contributed by atoms with E-state index in [4.69, 9.17) is 9.97 Å². The normalized spacial score (nSPS) is 11.7. The summed E-state index contributed by atoms with van der Waals surface area (Å²) in [5.41, 5.74) is 14.2. The quantitative estimate of drug-likeness (QED) is 0.170. The van der Waals surface area contributed by atoms with Crippen LogP contribution < -0.4 is 0 Å². The Balaban J connectivity index is 1.05. The molecule has 0 saturated heterocycles. The van der Waals surface area contributed by atoms with Crippen molar-refractivity contribution < 1.29 is 0 Å². The van der Waals surface area contributed by atoms with E-state index in [1.54, 1.807) is 0 Å². The standard InChI is InChI=1S/C54H35N5/c1-4-14-36(15-5-1)37-24-26-38(27-25-37)52-45-32-33-57(41-16-6-2-7-17-41)53(45)56-54(55-52)59-49-23-13-11-21-44(49)47-35-40(29-31-51(47)59)39-28-30-50-46(34-39)43-20-10-12-22-48(43)58(50)42-18-8-3-9-19-42/h1-35H. The maximum Gasteiger partial charge on any atom is 0.237 e. The average molecular weight is 754 g/mol. The maximum atomic E-state index is 5.43. The molecule has 4 aromatic heterocycles. The number of hydrogen-bond acceptors (Lipinski definition) is 2. The highest BCUT2D eigenvalue weighted by Crippen LogP contribution is 2.39. The van der Waals surface area contributed by atoms with Crippen LogP contribution in [0.4, 0.5) is 0 Å². The second-order valence-electron chi connectivity index (χ2n) is 15.1. The van der Waals surface area contributed by atoms with E-state index >= 15 is 0 Å². The summed E-state index contributed by atoms with van der Waals surface area (Å²) in [5, 5.41) is 5.78. The minimum atomic E-state index is 0.629. The Morgan fingerprint density at radius 2 is 0.780 bits per heavy atom. The molecular formula is C54H35N5. The Morgan fingerprint density at radius 1 is 0.305 bits per heavy atom. The molecule has 12 aromatic rings. The van der Waals surface area contributed by atoms with Crippen molar-refractivity contribution in [1.29, 1.82) is 0 Å². The van der Waals surface area contributed by atoms with Gasteiger partial charge in [0.2, 0.25) is 5.95 Å². The van der Waals surface area contributed by atoms with Gasteiger partial charge in [-0.15, -0.1) is 0 Å². The van der Waals surface area contributed by atoms with Gasteiger partial charge in [0.1, 0.15) is 0 Å². The smallest absolute Gasteiger partial charge is 0.237 e. The van der Waals surface area contributed by atoms with Gasteiger partial charge in [-0.05, 0) is 89.0 Å². The second-order valence-corrected chi connectivity index (χ2v) is 15.1. The Hall–Kier alpha value is -8.02. The predicted octanol–water partition coefficient (Wildman–Crippen LogP) is 13.6. The number of nitrogens with zero attached hydrogens (tertiary/aromatic N) is 5. The summed E-state index contributed by atoms with van der Waals surface area (Å²) < 4.78 is 6.76. The molecule has 0 N–H and O–H groups in total. The monoisotopic (exact) mass is 753 g/mol. The van der Waals surface area contributed by atoms with E-state index in [-0.39, 0.29) is 0 Å². The van der Waals surface area contributed by atoms with Crippen molar-refractivity contribution in [3.05, 3.63) is 212 Å². The van der Waals surface area contributed by atoms with Crippen molar-refractivity contribution in [3.63, 3.8) is 0 Å². The summed E-state index contributed by atoms with van der Waals surface area (Å²) >= 11 is 0. The second kappa shape index (κ2) is 13.3. The van der Waals surface area contributed by atoms with Gasteiger partial charge in [0.25, 0.3) is 0 Å². The zero-order valence-corrected chi connectivity index (χ0v) is 31.9. The molecule has 0 fully saturated rings. The van der Waals surface area contributed by atoms with E-state index in [0.717, 1.165) is 61.0 Å². The van der Waals surface area contributed by atoms with Gasteiger partial charge in [0.05, 0.1) is 27.8 Å². The van der Waals surface area contributed by atoms with Crippen LogP contribution in [0.2, 0.25) is 0 Å². The number of aromatic nitrogens is 5. The third-order valence-corrected chi connectivity index (χ3v) is 11.7. The van der Waals surface area contributed by atoms with Crippen LogP contribution in [-0.2, 0) is 0 Å². The lowest BCUT2D eigenvalue weighted by atomic mass is 10.0. The summed E-state index contributed by atoms with van der Waals surface area (Å²) in [6.07, 6.45) is 2.10. The Labute approximate surface area is 340 Å². The van der Waals surface area contributed by atoms with E-state index < -0.39 is 0 Å². The van der Waals surface area contributed by atoms with E-state index in [1.165, 1.54) is 38.5 Å². The molecule has 0 unspecified atom stereocenters. The number of rotatable bonds is 6. The van der Waals surface area contributed by atoms with Crippen LogP contribution in [0.25, 0.3) is 105 Å². The van der Waals surface area contributed by atoms with Crippen LogP contribution in [0.5, 0.6) is 0 Å². The molecule has 5 nitrogen and oxygen atoms in total. The van der Waals surface area contributed by atoms with Crippen molar-refractivity contribution in [2.75, 3.05) is 0 Å². The van der Waals surface area contributed by atoms with Gasteiger partial charge in [-0.2, -0.15) is 4.98 Å². The van der Waals surface area contributed by atoms with Crippen molar-refractivity contribution in [1.82, 2.24) is 23.7 Å². The van der Waals surface area contributed by atoms with Gasteiger partial charge in [0, 0.05) is 50.1 Å². The van der Waals surface area contributed by atoms with Crippen LogP contribution in [0.3, 0.4) is 0 Å². The van der Waals surface area contributed by atoms with Crippen LogP contribution in [0.1, 0.15) is 0 Å². The molecule has 5 heteroatoms. The topological polar surface area (TPSA) is 40.6 Å². The SMILES string of the molecule is c1ccc(-c2ccc(-c3nc(-n4c5ccccc5c5cc(-c6ccc7c(c6)c6ccccc6n7-c6ccccc6)ccc54)nc4c3ccn4-c3ccccc3)cc2)cc1. The highest BCUT2D eigenvalue weighted by atomic mass is 15.2. The number of hydrogen-bond donors (Lipinski definition) is 0. The summed E-state index contributed by atoms with van der Waals surface area (Å²) in [6, 6.07) is 73.4. The van der Waals surface area contributed by atoms with Gasteiger partial charge >= 0.3 is 0 Å². The number of para-hydroxylation sites is 4. The fourth-order valence-electron chi connectivity index (χ4n) is 8.95. The number of fused-ring (bicyclic) bond motifs is 7. The summed E-state index contributed by atoms with van der Waals surface area (Å²) in [7, 11) is 0. The van der Waals surface area contributed by atoms with E-state index in [1.807, 2.05) is 6.07 Å². The lowest BCUT2D eigenvalue weighted by Crippen LogP contribution is -2.05. The number of benzene rings is 8. The van der Waals surface area contributed by atoms with E-state index in [2.05, 4.69) is 220 Å². The van der Waals surface area contributed by atoms with Gasteiger partial charge in [0.15, 0.2) is 5.65 Å². The molecular weight excluding hydrogens is 719 g/mol. The molecule has 59 heavy (non-hydrogen) atoms. The summed E-state index contributed by atoms with van der Waals surface area (Å²) in [4.78, 5) is 10.8. The molecule has 0 aliphatic rings. The highest BCUT2D eigenvalue weighted by molar-refractivity contribution is 6.12.